The lowest BCUT2D eigenvalue weighted by Crippen LogP contribution is -2.32. The second-order valence-electron chi connectivity index (χ2n) is 3.55. The molecule has 0 aliphatic carbocycles. The second-order valence-corrected chi connectivity index (χ2v) is 3.55. The molecule has 1 unspecified atom stereocenters. The molecule has 1 aromatic rings. The van der Waals surface area contributed by atoms with Crippen LogP contribution < -0.4 is 10.6 Å². The Morgan fingerprint density at radius 1 is 1.57 bits per heavy atom. The zero-order valence-electron chi connectivity index (χ0n) is 8.31. The molecule has 0 bridgehead atoms. The largest absolute Gasteiger partial charge is 0.384 e. The molecule has 1 saturated heterocycles. The standard InChI is InChI=1S/C10H15N3O/c1-13(8-5-6-14-7-8)10-4-2-3-9(11)12-10/h2-4,8H,5-7H2,1H3,(H2,11,12). The summed E-state index contributed by atoms with van der Waals surface area (Å²) < 4.78 is 5.33. The molecule has 1 aliphatic rings. The average molecular weight is 193 g/mol. The van der Waals surface area contributed by atoms with Crippen molar-refractivity contribution in [1.82, 2.24) is 4.98 Å². The van der Waals surface area contributed by atoms with Gasteiger partial charge in [0.15, 0.2) is 0 Å². The minimum atomic E-state index is 0.435. The minimum absolute atomic E-state index is 0.435. The fourth-order valence-electron chi connectivity index (χ4n) is 1.65. The van der Waals surface area contributed by atoms with Crippen molar-refractivity contribution in [3.63, 3.8) is 0 Å². The van der Waals surface area contributed by atoms with Crippen LogP contribution in [0.15, 0.2) is 18.2 Å². The maximum atomic E-state index is 5.63. The van der Waals surface area contributed by atoms with E-state index >= 15 is 0 Å². The summed E-state index contributed by atoms with van der Waals surface area (Å²) in [5, 5.41) is 0. The minimum Gasteiger partial charge on any atom is -0.384 e. The summed E-state index contributed by atoms with van der Waals surface area (Å²) in [6.07, 6.45) is 1.06. The highest BCUT2D eigenvalue weighted by molar-refractivity contribution is 5.45. The van der Waals surface area contributed by atoms with Crippen LogP contribution in [0.25, 0.3) is 0 Å². The van der Waals surface area contributed by atoms with Gasteiger partial charge in [-0.25, -0.2) is 4.98 Å². The van der Waals surface area contributed by atoms with E-state index in [-0.39, 0.29) is 0 Å². The molecule has 0 radical (unpaired) electrons. The molecule has 2 N–H and O–H groups in total. The van der Waals surface area contributed by atoms with Gasteiger partial charge < -0.3 is 15.4 Å². The zero-order valence-corrected chi connectivity index (χ0v) is 8.31. The maximum absolute atomic E-state index is 5.63. The van der Waals surface area contributed by atoms with E-state index in [1.807, 2.05) is 19.2 Å². The van der Waals surface area contributed by atoms with Crippen LogP contribution in [0.3, 0.4) is 0 Å². The summed E-state index contributed by atoms with van der Waals surface area (Å²) in [5.74, 6) is 1.48. The van der Waals surface area contributed by atoms with E-state index in [1.54, 1.807) is 6.07 Å². The summed E-state index contributed by atoms with van der Waals surface area (Å²) in [6.45, 7) is 1.63. The van der Waals surface area contributed by atoms with Crippen molar-refractivity contribution in [2.75, 3.05) is 30.9 Å². The predicted octanol–water partition coefficient (Wildman–Crippen LogP) is 0.889. The van der Waals surface area contributed by atoms with Crippen LogP contribution >= 0.6 is 0 Å². The first-order chi connectivity index (χ1) is 6.77. The van der Waals surface area contributed by atoms with Crippen molar-refractivity contribution in [3.8, 4) is 0 Å². The summed E-state index contributed by atoms with van der Waals surface area (Å²) in [7, 11) is 2.03. The molecule has 1 fully saturated rings. The van der Waals surface area contributed by atoms with E-state index < -0.39 is 0 Å². The first-order valence-corrected chi connectivity index (χ1v) is 4.80. The first kappa shape index (κ1) is 9.27. The number of ether oxygens (including phenoxy) is 1. The van der Waals surface area contributed by atoms with Crippen LogP contribution in [0, 0.1) is 0 Å². The SMILES string of the molecule is CN(c1cccc(N)n1)C1CCOC1. The fourth-order valence-corrected chi connectivity index (χ4v) is 1.65. The summed E-state index contributed by atoms with van der Waals surface area (Å²) in [6, 6.07) is 6.12. The van der Waals surface area contributed by atoms with Crippen molar-refractivity contribution in [2.24, 2.45) is 0 Å². The number of rotatable bonds is 2. The van der Waals surface area contributed by atoms with Gasteiger partial charge in [0, 0.05) is 13.7 Å². The quantitative estimate of drug-likeness (QED) is 0.757. The highest BCUT2D eigenvalue weighted by atomic mass is 16.5. The molecule has 4 nitrogen and oxygen atoms in total. The maximum Gasteiger partial charge on any atom is 0.131 e. The molecule has 1 aromatic heterocycles. The molecule has 2 heterocycles. The van der Waals surface area contributed by atoms with E-state index in [2.05, 4.69) is 9.88 Å². The third-order valence-electron chi connectivity index (χ3n) is 2.57. The fraction of sp³-hybridized carbons (Fsp3) is 0.500. The monoisotopic (exact) mass is 193 g/mol. The number of nitrogens with zero attached hydrogens (tertiary/aromatic N) is 2. The third-order valence-corrected chi connectivity index (χ3v) is 2.57. The van der Waals surface area contributed by atoms with Gasteiger partial charge >= 0.3 is 0 Å². The molecular formula is C10H15N3O. The van der Waals surface area contributed by atoms with Crippen LogP contribution in [0.1, 0.15) is 6.42 Å². The van der Waals surface area contributed by atoms with Gasteiger partial charge in [0.05, 0.1) is 12.6 Å². The molecule has 4 heteroatoms. The van der Waals surface area contributed by atoms with Gasteiger partial charge in [-0.2, -0.15) is 0 Å². The lowest BCUT2D eigenvalue weighted by Gasteiger charge is -2.24. The summed E-state index contributed by atoms with van der Waals surface area (Å²) >= 11 is 0. The number of nitrogen functional groups attached to an aromatic ring is 1. The Kier molecular flexibility index (Phi) is 2.54. The Balaban J connectivity index is 2.13. The van der Waals surface area contributed by atoms with Crippen LogP contribution in [0.2, 0.25) is 0 Å². The molecule has 76 valence electrons. The zero-order chi connectivity index (χ0) is 9.97. The van der Waals surface area contributed by atoms with Crippen molar-refractivity contribution in [2.45, 2.75) is 12.5 Å². The highest BCUT2D eigenvalue weighted by Gasteiger charge is 2.21. The molecule has 0 spiro atoms. The molecule has 1 aliphatic heterocycles. The van der Waals surface area contributed by atoms with E-state index in [9.17, 15) is 0 Å². The molecule has 0 amide bonds. The number of nitrogens with two attached hydrogens (primary N) is 1. The first-order valence-electron chi connectivity index (χ1n) is 4.80. The van der Waals surface area contributed by atoms with Gasteiger partial charge in [-0.15, -0.1) is 0 Å². The molecule has 0 aromatic carbocycles. The number of likely N-dealkylation sites (N-methyl/N-ethyl adjacent to an activating group) is 1. The Labute approximate surface area is 83.7 Å². The van der Waals surface area contributed by atoms with Crippen LogP contribution in [0.4, 0.5) is 11.6 Å². The van der Waals surface area contributed by atoms with Crippen LogP contribution in [-0.2, 0) is 4.74 Å². The Morgan fingerprint density at radius 3 is 3.07 bits per heavy atom. The Morgan fingerprint density at radius 2 is 2.43 bits per heavy atom. The normalized spacial score (nSPS) is 21.1. The van der Waals surface area contributed by atoms with Crippen molar-refractivity contribution in [3.05, 3.63) is 18.2 Å². The predicted molar refractivity (Wildman–Crippen MR) is 56.3 cm³/mol. The number of hydrogen-bond acceptors (Lipinski definition) is 4. The summed E-state index contributed by atoms with van der Waals surface area (Å²) in [4.78, 5) is 6.39. The van der Waals surface area contributed by atoms with E-state index in [0.29, 0.717) is 11.9 Å². The number of aromatic nitrogens is 1. The van der Waals surface area contributed by atoms with Crippen LogP contribution in [0.5, 0.6) is 0 Å². The Bertz CT molecular complexity index is 310. The Hall–Kier alpha value is -1.29. The molecule has 1 atom stereocenters. The lowest BCUT2D eigenvalue weighted by molar-refractivity contribution is 0.193. The van der Waals surface area contributed by atoms with Crippen molar-refractivity contribution >= 4 is 11.6 Å². The van der Waals surface area contributed by atoms with Crippen molar-refractivity contribution < 1.29 is 4.74 Å². The molecule has 2 rings (SSSR count). The lowest BCUT2D eigenvalue weighted by atomic mass is 10.2. The van der Waals surface area contributed by atoms with E-state index in [4.69, 9.17) is 10.5 Å². The highest BCUT2D eigenvalue weighted by Crippen LogP contribution is 2.18. The van der Waals surface area contributed by atoms with Crippen LogP contribution in [-0.4, -0.2) is 31.3 Å². The van der Waals surface area contributed by atoms with Gasteiger partial charge in [0.2, 0.25) is 0 Å². The number of anilines is 2. The number of hydrogen-bond donors (Lipinski definition) is 1. The van der Waals surface area contributed by atoms with Gasteiger partial charge in [0.1, 0.15) is 11.6 Å². The van der Waals surface area contributed by atoms with Gasteiger partial charge in [-0.3, -0.25) is 0 Å². The van der Waals surface area contributed by atoms with Gasteiger partial charge in [-0.1, -0.05) is 6.07 Å². The topological polar surface area (TPSA) is 51.4 Å². The molecule has 14 heavy (non-hydrogen) atoms. The van der Waals surface area contributed by atoms with Gasteiger partial charge in [0.25, 0.3) is 0 Å². The smallest absolute Gasteiger partial charge is 0.131 e. The third kappa shape index (κ3) is 1.80. The molecular weight excluding hydrogens is 178 g/mol. The van der Waals surface area contributed by atoms with E-state index in [0.717, 1.165) is 25.5 Å². The van der Waals surface area contributed by atoms with Gasteiger partial charge in [-0.05, 0) is 18.6 Å². The number of pyridine rings is 1. The summed E-state index contributed by atoms with van der Waals surface area (Å²) in [5.41, 5.74) is 5.63. The average Bonchev–Trinajstić information content (AvgIpc) is 2.69. The van der Waals surface area contributed by atoms with Crippen molar-refractivity contribution in [1.29, 1.82) is 0 Å². The molecule has 0 saturated carbocycles. The second kappa shape index (κ2) is 3.84. The van der Waals surface area contributed by atoms with E-state index in [1.165, 1.54) is 0 Å².